The average molecular weight is 979 g/mol. The maximum absolute atomic E-state index is 6.27. The van der Waals surface area contributed by atoms with Crippen molar-refractivity contribution in [3.8, 4) is 0 Å². The fourth-order valence-electron chi connectivity index (χ4n) is 6.07. The van der Waals surface area contributed by atoms with Crippen LogP contribution in [-0.4, -0.2) is 84.1 Å². The second-order valence-electron chi connectivity index (χ2n) is 25.5. The minimum absolute atomic E-state index is 0.200. The Balaban J connectivity index is -0.000000722. The van der Waals surface area contributed by atoms with Gasteiger partial charge >= 0.3 is 0 Å². The highest BCUT2D eigenvalue weighted by Crippen LogP contribution is 2.78. The highest BCUT2D eigenvalue weighted by atomic mass is 32.5. The highest BCUT2D eigenvalue weighted by molar-refractivity contribution is 8.26. The molecule has 0 saturated carbocycles. The molecular weight excluding hydrogens is 883 g/mol. The summed E-state index contributed by atoms with van der Waals surface area (Å²) < 4.78 is 0. The molecule has 0 fully saturated rings. The van der Waals surface area contributed by atoms with Gasteiger partial charge in [-0.1, -0.05) is 258 Å². The molecule has 0 aliphatic heterocycles. The molecule has 0 amide bonds. The van der Waals surface area contributed by atoms with Gasteiger partial charge in [-0.3, -0.25) is 0 Å². The van der Waals surface area contributed by atoms with Gasteiger partial charge in [-0.05, 0) is 103 Å². The van der Waals surface area contributed by atoms with Crippen LogP contribution in [-0.2, 0) is 70.8 Å². The van der Waals surface area contributed by atoms with Crippen LogP contribution in [0, 0.1) is 0 Å². The molecule has 0 rings (SSSR count). The first-order valence-corrected chi connectivity index (χ1v) is 39.1. The molecule has 0 spiro atoms. The summed E-state index contributed by atoms with van der Waals surface area (Å²) in [5.41, 5.74) is 0. The fraction of sp³-hybridized carbons (Fsp3) is 1.00. The molecule has 0 radical (unpaired) electrons. The van der Waals surface area contributed by atoms with Crippen molar-refractivity contribution in [2.75, 3.05) is 37.7 Å². The molecule has 0 saturated heterocycles. The summed E-state index contributed by atoms with van der Waals surface area (Å²) >= 11 is 36.9. The minimum atomic E-state index is -1.53. The van der Waals surface area contributed by atoms with Gasteiger partial charge in [-0.15, -0.1) is 0 Å². The number of rotatable bonds is 6. The predicted molar refractivity (Wildman–Crippen MR) is 296 cm³/mol. The van der Waals surface area contributed by atoms with E-state index in [0.29, 0.717) is 0 Å². The molecule has 330 valence electrons. The van der Waals surface area contributed by atoms with E-state index in [2.05, 4.69) is 207 Å². The van der Waals surface area contributed by atoms with Crippen LogP contribution >= 0.6 is 36.2 Å². The molecule has 12 heteroatoms. The van der Waals surface area contributed by atoms with Crippen LogP contribution in [0.5, 0.6) is 0 Å². The molecule has 3 atom stereocenters. The van der Waals surface area contributed by atoms with Crippen molar-refractivity contribution in [2.24, 2.45) is 0 Å². The lowest BCUT2D eigenvalue weighted by Crippen LogP contribution is -2.32. The normalized spacial score (nSPS) is 18.6. The Morgan fingerprint density at radius 2 is 0.315 bits per heavy atom. The molecule has 1 unspecified atom stereocenters. The summed E-state index contributed by atoms with van der Waals surface area (Å²) in [6.45, 7) is 69.3. The summed E-state index contributed by atoms with van der Waals surface area (Å²) in [4.78, 5) is 0. The largest absolute Gasteiger partial charge is 0.0968 e. The van der Waals surface area contributed by atoms with Crippen molar-refractivity contribution in [1.82, 2.24) is 0 Å². The minimum Gasteiger partial charge on any atom is -0.0968 e. The van der Waals surface area contributed by atoms with E-state index in [-0.39, 0.29) is 46.4 Å². The second-order valence-corrected chi connectivity index (χ2v) is 64.9. The summed E-state index contributed by atoms with van der Waals surface area (Å²) in [6, 6.07) is -8.82. The zero-order valence-corrected chi connectivity index (χ0v) is 52.0. The van der Waals surface area contributed by atoms with E-state index in [1.807, 2.05) is 0 Å². The van der Waals surface area contributed by atoms with Gasteiger partial charge in [0.2, 0.25) is 0 Å². The summed E-state index contributed by atoms with van der Waals surface area (Å²) in [5, 5.41) is 1.88. The van der Waals surface area contributed by atoms with Gasteiger partial charge in [0.05, 0.1) is 0 Å². The third-order valence-electron chi connectivity index (χ3n) is 12.2. The van der Waals surface area contributed by atoms with Crippen LogP contribution in [0.1, 0.15) is 187 Å². The first-order chi connectivity index (χ1) is 22.4. The van der Waals surface area contributed by atoms with Crippen molar-refractivity contribution in [3.05, 3.63) is 0 Å². The smallest absolute Gasteiger partial charge is 0.00725 e. The lowest BCUT2D eigenvalue weighted by molar-refractivity contribution is 0.705. The zero-order chi connectivity index (χ0) is 45.6. The van der Waals surface area contributed by atoms with Crippen molar-refractivity contribution >= 4 is 107 Å². The SMILES string of the molecule is CC(C)(C)P(=S)(C[P@@](C)(=S)C(C)(C)C)C(C)(C)C.CC(C)(C)P(=S)(C[P@](C)(=S)C(C)(C)C)C(C)(C)C.CC(C)(C)P(C)(=S)CP(=S)(C(C)(C)C)C(C)(C)C. The van der Waals surface area contributed by atoms with E-state index in [4.69, 9.17) is 70.8 Å². The average Bonchev–Trinajstić information content (AvgIpc) is 2.77. The van der Waals surface area contributed by atoms with Gasteiger partial charge in [0.1, 0.15) is 0 Å². The first kappa shape index (κ1) is 62.2. The molecule has 0 aliphatic rings. The second kappa shape index (κ2) is 18.9. The molecule has 0 N–H and O–H groups in total. The van der Waals surface area contributed by atoms with E-state index < -0.39 is 36.2 Å². The lowest BCUT2D eigenvalue weighted by atomic mass is 10.2. The van der Waals surface area contributed by atoms with Gasteiger partial charge in [-0.25, -0.2) is 0 Å². The monoisotopic (exact) mass is 978 g/mol. The highest BCUT2D eigenvalue weighted by Gasteiger charge is 2.48. The molecule has 54 heavy (non-hydrogen) atoms. The van der Waals surface area contributed by atoms with Gasteiger partial charge in [0.25, 0.3) is 0 Å². The first-order valence-electron chi connectivity index (χ1n) is 19.8. The van der Waals surface area contributed by atoms with Crippen LogP contribution in [0.15, 0.2) is 0 Å². The Bertz CT molecular complexity index is 1300. The maximum Gasteiger partial charge on any atom is 0.00725 e. The van der Waals surface area contributed by atoms with Crippen LogP contribution < -0.4 is 0 Å². The van der Waals surface area contributed by atoms with Crippen molar-refractivity contribution < 1.29 is 0 Å². The Kier molecular flexibility index (Phi) is 21.8. The van der Waals surface area contributed by atoms with E-state index in [1.54, 1.807) is 0 Å². The van der Waals surface area contributed by atoms with Crippen molar-refractivity contribution in [3.63, 3.8) is 0 Å². The molecular formula is C42H96P6S6. The standard InChI is InChI=1S/3C14H32P2S2/c3*1-12(2,3)15(10,17)11-16(18,13(4,5)6)14(7,8)9/h3*11H2,1-10H3/t2*15-;/m10./s1. The van der Waals surface area contributed by atoms with Gasteiger partial charge in [0.15, 0.2) is 0 Å². The van der Waals surface area contributed by atoms with Gasteiger partial charge in [0, 0.05) is 17.7 Å². The lowest BCUT2D eigenvalue weighted by Gasteiger charge is -2.49. The zero-order valence-electron chi connectivity index (χ0n) is 41.8. The topological polar surface area (TPSA) is 0 Å². The Labute approximate surface area is 374 Å². The molecule has 0 nitrogen and oxygen atoms in total. The third kappa shape index (κ3) is 15.9. The number of hydrogen-bond donors (Lipinski definition) is 0. The van der Waals surface area contributed by atoms with Crippen LogP contribution in [0.25, 0.3) is 0 Å². The summed E-state index contributed by atoms with van der Waals surface area (Å²) in [6.07, 6.45) is 0. The summed E-state index contributed by atoms with van der Waals surface area (Å²) in [7, 11) is 0. The third-order valence-corrected chi connectivity index (χ3v) is 66.0. The van der Waals surface area contributed by atoms with Crippen molar-refractivity contribution in [2.45, 2.75) is 233 Å². The molecule has 0 aromatic carbocycles. The van der Waals surface area contributed by atoms with Crippen molar-refractivity contribution in [1.29, 1.82) is 0 Å². The van der Waals surface area contributed by atoms with Crippen LogP contribution in [0.4, 0.5) is 0 Å². The Morgan fingerprint density at radius 1 is 0.222 bits per heavy atom. The summed E-state index contributed by atoms with van der Waals surface area (Å²) in [5.74, 6) is 3.34. The van der Waals surface area contributed by atoms with Gasteiger partial charge in [-0.2, -0.15) is 0 Å². The van der Waals surface area contributed by atoms with E-state index in [1.165, 1.54) is 0 Å². The molecule has 0 aromatic heterocycles. The van der Waals surface area contributed by atoms with Crippen LogP contribution in [0.2, 0.25) is 0 Å². The van der Waals surface area contributed by atoms with Gasteiger partial charge < -0.3 is 0 Å². The predicted octanol–water partition coefficient (Wildman–Crippen LogP) is 17.8. The Hall–Kier alpha value is 3.90. The quantitative estimate of drug-likeness (QED) is 0.242. The van der Waals surface area contributed by atoms with E-state index in [9.17, 15) is 0 Å². The molecule has 0 heterocycles. The molecule has 0 aromatic rings. The van der Waals surface area contributed by atoms with E-state index >= 15 is 0 Å². The molecule has 0 bridgehead atoms. The Morgan fingerprint density at radius 3 is 0.370 bits per heavy atom. The number of hydrogen-bond acceptors (Lipinski definition) is 6. The maximum atomic E-state index is 6.27. The van der Waals surface area contributed by atoms with Crippen LogP contribution in [0.3, 0.4) is 0 Å². The molecule has 0 aliphatic carbocycles. The van der Waals surface area contributed by atoms with E-state index in [0.717, 1.165) is 17.7 Å². The fourth-order valence-corrected chi connectivity index (χ4v) is 49.4.